The van der Waals surface area contributed by atoms with Crippen LogP contribution in [0, 0.1) is 23.5 Å². The normalized spacial score (nSPS) is 9.43. The first-order chi connectivity index (χ1) is 6.66. The van der Waals surface area contributed by atoms with E-state index in [1.165, 1.54) is 6.07 Å². The molecule has 0 amide bonds. The first kappa shape index (κ1) is 11.0. The number of hydrogen-bond donors (Lipinski definition) is 1. The Morgan fingerprint density at radius 3 is 2.71 bits per heavy atom. The third-order valence-corrected chi connectivity index (χ3v) is 1.81. The highest BCUT2D eigenvalue weighted by molar-refractivity contribution is 6.31. The minimum atomic E-state index is -1.05. The lowest BCUT2D eigenvalue weighted by atomic mass is 10.2. The smallest absolute Gasteiger partial charge is 0.175 e. The molecule has 14 heavy (non-hydrogen) atoms. The van der Waals surface area contributed by atoms with Gasteiger partial charge < -0.3 is 5.11 Å². The lowest BCUT2D eigenvalue weighted by Crippen LogP contribution is -1.90. The summed E-state index contributed by atoms with van der Waals surface area (Å²) in [5, 5.41) is 8.50. The van der Waals surface area contributed by atoms with E-state index in [9.17, 15) is 8.78 Å². The zero-order valence-electron chi connectivity index (χ0n) is 7.15. The van der Waals surface area contributed by atoms with E-state index in [0.29, 0.717) is 0 Å². The van der Waals surface area contributed by atoms with Crippen LogP contribution >= 0.6 is 11.6 Å². The van der Waals surface area contributed by atoms with Gasteiger partial charge in [-0.25, -0.2) is 8.78 Å². The molecule has 1 N–H and O–H groups in total. The van der Waals surface area contributed by atoms with Crippen LogP contribution in [-0.2, 0) is 0 Å². The Hall–Kier alpha value is -1.11. The van der Waals surface area contributed by atoms with Gasteiger partial charge in [0.15, 0.2) is 11.6 Å². The molecule has 1 nitrogen and oxygen atoms in total. The van der Waals surface area contributed by atoms with Crippen molar-refractivity contribution in [2.75, 3.05) is 6.61 Å². The molecule has 0 fully saturated rings. The second kappa shape index (κ2) is 4.94. The Bertz CT molecular complexity index is 393. The van der Waals surface area contributed by atoms with E-state index in [-0.39, 0.29) is 23.6 Å². The van der Waals surface area contributed by atoms with Gasteiger partial charge in [-0.05, 0) is 12.1 Å². The van der Waals surface area contributed by atoms with E-state index >= 15 is 0 Å². The first-order valence-corrected chi connectivity index (χ1v) is 4.28. The summed E-state index contributed by atoms with van der Waals surface area (Å²) in [5.74, 6) is 2.80. The van der Waals surface area contributed by atoms with Gasteiger partial charge in [0.05, 0.1) is 17.2 Å². The molecule has 4 heteroatoms. The fraction of sp³-hybridized carbons (Fsp3) is 0.200. The van der Waals surface area contributed by atoms with Crippen molar-refractivity contribution in [2.24, 2.45) is 0 Å². The van der Waals surface area contributed by atoms with Crippen molar-refractivity contribution >= 4 is 11.6 Å². The van der Waals surface area contributed by atoms with Gasteiger partial charge in [-0.15, -0.1) is 0 Å². The van der Waals surface area contributed by atoms with Gasteiger partial charge in [-0.2, -0.15) is 0 Å². The Balaban J connectivity index is 3.08. The lowest BCUT2D eigenvalue weighted by Gasteiger charge is -1.98. The predicted octanol–water partition coefficient (Wildman–Crippen LogP) is 2.35. The van der Waals surface area contributed by atoms with E-state index in [2.05, 4.69) is 11.8 Å². The maximum atomic E-state index is 13.1. The molecule has 0 aromatic heterocycles. The molecule has 74 valence electrons. The van der Waals surface area contributed by atoms with Crippen molar-refractivity contribution in [3.8, 4) is 11.8 Å². The summed E-state index contributed by atoms with van der Waals surface area (Å²) in [5.41, 5.74) is -0.167. The number of halogens is 3. The molecule has 1 rings (SSSR count). The van der Waals surface area contributed by atoms with Crippen LogP contribution in [0.15, 0.2) is 12.1 Å². The van der Waals surface area contributed by atoms with E-state index in [4.69, 9.17) is 16.7 Å². The standard InChI is InChI=1S/C10H7ClF2O/c11-8-4-5-9(12)10(13)7(8)3-1-2-6-14/h4-5,14H,2,6H2. The van der Waals surface area contributed by atoms with Crippen molar-refractivity contribution in [1.29, 1.82) is 0 Å². The third kappa shape index (κ3) is 2.44. The molecule has 0 heterocycles. The summed E-state index contributed by atoms with van der Waals surface area (Å²) in [6, 6.07) is 2.18. The van der Waals surface area contributed by atoms with Gasteiger partial charge in [-0.3, -0.25) is 0 Å². The second-order valence-electron chi connectivity index (χ2n) is 2.49. The Morgan fingerprint density at radius 1 is 1.36 bits per heavy atom. The lowest BCUT2D eigenvalue weighted by molar-refractivity contribution is 0.305. The van der Waals surface area contributed by atoms with Crippen LogP contribution in [0.4, 0.5) is 8.78 Å². The fourth-order valence-corrected chi connectivity index (χ4v) is 1.04. The quantitative estimate of drug-likeness (QED) is 0.564. The topological polar surface area (TPSA) is 20.2 Å². The maximum absolute atomic E-state index is 13.1. The summed E-state index contributed by atoms with van der Waals surface area (Å²) in [4.78, 5) is 0. The number of rotatable bonds is 1. The molecule has 1 aromatic carbocycles. The molecule has 0 unspecified atom stereocenters. The van der Waals surface area contributed by atoms with Crippen LogP contribution in [0.25, 0.3) is 0 Å². The molecular weight excluding hydrogens is 210 g/mol. The Morgan fingerprint density at radius 2 is 2.07 bits per heavy atom. The van der Waals surface area contributed by atoms with Crippen molar-refractivity contribution in [1.82, 2.24) is 0 Å². The van der Waals surface area contributed by atoms with Crippen molar-refractivity contribution in [3.63, 3.8) is 0 Å². The summed E-state index contributed by atoms with van der Waals surface area (Å²) in [6.07, 6.45) is 0.201. The number of aliphatic hydroxyl groups excluding tert-OH is 1. The zero-order valence-corrected chi connectivity index (χ0v) is 7.91. The average Bonchev–Trinajstić information content (AvgIpc) is 2.18. The SMILES string of the molecule is OCCC#Cc1c(Cl)ccc(F)c1F. The van der Waals surface area contributed by atoms with Crippen molar-refractivity contribution in [3.05, 3.63) is 34.4 Å². The van der Waals surface area contributed by atoms with E-state index in [1.54, 1.807) is 0 Å². The molecule has 0 bridgehead atoms. The zero-order chi connectivity index (χ0) is 10.6. The number of benzene rings is 1. The molecule has 0 spiro atoms. The number of aliphatic hydroxyl groups is 1. The van der Waals surface area contributed by atoms with Crippen molar-refractivity contribution < 1.29 is 13.9 Å². The number of hydrogen-bond acceptors (Lipinski definition) is 1. The highest BCUT2D eigenvalue weighted by Crippen LogP contribution is 2.20. The van der Waals surface area contributed by atoms with Gasteiger partial charge in [0.1, 0.15) is 0 Å². The van der Waals surface area contributed by atoms with Crippen LogP contribution in [0.2, 0.25) is 5.02 Å². The molecule has 0 aliphatic carbocycles. The van der Waals surface area contributed by atoms with Gasteiger partial charge >= 0.3 is 0 Å². The maximum Gasteiger partial charge on any atom is 0.175 e. The molecule has 0 aliphatic heterocycles. The second-order valence-corrected chi connectivity index (χ2v) is 2.90. The monoisotopic (exact) mass is 216 g/mol. The molecule has 0 saturated carbocycles. The Labute approximate surface area is 85.3 Å². The van der Waals surface area contributed by atoms with Gasteiger partial charge in [-0.1, -0.05) is 23.4 Å². The van der Waals surface area contributed by atoms with E-state index < -0.39 is 11.6 Å². The average molecular weight is 217 g/mol. The largest absolute Gasteiger partial charge is 0.395 e. The minimum Gasteiger partial charge on any atom is -0.395 e. The summed E-state index contributed by atoms with van der Waals surface area (Å²) in [7, 11) is 0. The summed E-state index contributed by atoms with van der Waals surface area (Å²) >= 11 is 5.61. The summed E-state index contributed by atoms with van der Waals surface area (Å²) < 4.78 is 25.8. The van der Waals surface area contributed by atoms with Crippen LogP contribution in [-0.4, -0.2) is 11.7 Å². The van der Waals surface area contributed by atoms with Gasteiger partial charge in [0, 0.05) is 6.42 Å². The molecule has 0 saturated heterocycles. The molecular formula is C10H7ClF2O. The van der Waals surface area contributed by atoms with Crippen LogP contribution in [0.5, 0.6) is 0 Å². The van der Waals surface area contributed by atoms with Crippen LogP contribution in [0.3, 0.4) is 0 Å². The molecule has 0 aliphatic rings. The molecule has 0 atom stereocenters. The van der Waals surface area contributed by atoms with Gasteiger partial charge in [0.25, 0.3) is 0 Å². The van der Waals surface area contributed by atoms with Crippen molar-refractivity contribution in [2.45, 2.75) is 6.42 Å². The Kier molecular flexibility index (Phi) is 3.87. The highest BCUT2D eigenvalue weighted by atomic mass is 35.5. The van der Waals surface area contributed by atoms with E-state index in [0.717, 1.165) is 6.07 Å². The van der Waals surface area contributed by atoms with Crippen LogP contribution < -0.4 is 0 Å². The minimum absolute atomic E-state index is 0.0642. The van der Waals surface area contributed by atoms with E-state index in [1.807, 2.05) is 0 Å². The molecule has 0 radical (unpaired) electrons. The van der Waals surface area contributed by atoms with Gasteiger partial charge in [0.2, 0.25) is 0 Å². The fourth-order valence-electron chi connectivity index (χ4n) is 0.848. The third-order valence-electron chi connectivity index (χ3n) is 1.49. The first-order valence-electron chi connectivity index (χ1n) is 3.90. The van der Waals surface area contributed by atoms with Crippen LogP contribution in [0.1, 0.15) is 12.0 Å². The molecule has 1 aromatic rings. The summed E-state index contributed by atoms with van der Waals surface area (Å²) in [6.45, 7) is -0.123. The highest BCUT2D eigenvalue weighted by Gasteiger charge is 2.09. The predicted molar refractivity (Wildman–Crippen MR) is 49.9 cm³/mol.